The monoisotopic (exact) mass is 490 g/mol. The molecule has 0 unspecified atom stereocenters. The Morgan fingerprint density at radius 2 is 1.84 bits per heavy atom. The van der Waals surface area contributed by atoms with E-state index in [1.807, 2.05) is 36.4 Å². The number of thiophene rings is 1. The average molecular weight is 491 g/mol. The number of hydrogen-bond acceptors (Lipinski definition) is 6. The summed E-state index contributed by atoms with van der Waals surface area (Å²) in [5, 5.41) is 21.7. The molecule has 2 heterocycles. The van der Waals surface area contributed by atoms with Gasteiger partial charge in [0.1, 0.15) is 9.90 Å². The Labute approximate surface area is 195 Å². The van der Waals surface area contributed by atoms with Crippen LogP contribution < -0.4 is 10.9 Å². The minimum atomic E-state index is -4.03. The molecule has 4 aromatic rings. The second kappa shape index (κ2) is 8.26. The van der Waals surface area contributed by atoms with Gasteiger partial charge in [0.05, 0.1) is 22.0 Å². The second-order valence-corrected chi connectivity index (χ2v) is 11.5. The van der Waals surface area contributed by atoms with Crippen LogP contribution in [0.4, 0.5) is 0 Å². The minimum Gasteiger partial charge on any atom is -0.386 e. The summed E-state index contributed by atoms with van der Waals surface area (Å²) in [7, 11) is -4.03. The molecule has 10 heteroatoms. The fraction of sp³-hybridized carbons (Fsp3) is 0.227. The van der Waals surface area contributed by atoms with Gasteiger partial charge in [-0.1, -0.05) is 48.0 Å². The van der Waals surface area contributed by atoms with Crippen LogP contribution in [-0.2, 0) is 28.7 Å². The summed E-state index contributed by atoms with van der Waals surface area (Å²) in [5.74, 6) is 0. The summed E-state index contributed by atoms with van der Waals surface area (Å²) in [6, 6.07) is 14.9. The SMILES string of the molecule is CC(C)(O)c1cccc2c1c(-c1cc(Cl)sc1S(N)(=O)=O)nn2Cc1cccc(CN)c1. The van der Waals surface area contributed by atoms with Crippen LogP contribution in [0.25, 0.3) is 22.2 Å². The number of nitrogens with zero attached hydrogens (tertiary/aromatic N) is 2. The van der Waals surface area contributed by atoms with Crippen molar-refractivity contribution in [2.75, 3.05) is 0 Å². The molecule has 32 heavy (non-hydrogen) atoms. The van der Waals surface area contributed by atoms with Crippen LogP contribution >= 0.6 is 22.9 Å². The van der Waals surface area contributed by atoms with Crippen molar-refractivity contribution in [2.24, 2.45) is 10.9 Å². The van der Waals surface area contributed by atoms with E-state index in [-0.39, 0.29) is 8.55 Å². The molecule has 0 aliphatic carbocycles. The van der Waals surface area contributed by atoms with Crippen LogP contribution in [-0.4, -0.2) is 23.3 Å². The van der Waals surface area contributed by atoms with E-state index in [2.05, 4.69) is 0 Å². The Morgan fingerprint density at radius 1 is 1.16 bits per heavy atom. The van der Waals surface area contributed by atoms with Crippen molar-refractivity contribution >= 4 is 43.9 Å². The molecule has 4 rings (SSSR count). The lowest BCUT2D eigenvalue weighted by Crippen LogP contribution is -2.16. The van der Waals surface area contributed by atoms with Crippen molar-refractivity contribution in [1.82, 2.24) is 9.78 Å². The van der Waals surface area contributed by atoms with Crippen LogP contribution in [0.2, 0.25) is 4.34 Å². The number of sulfonamides is 1. The van der Waals surface area contributed by atoms with Gasteiger partial charge in [0, 0.05) is 17.5 Å². The first-order chi connectivity index (χ1) is 15.0. The van der Waals surface area contributed by atoms with Crippen LogP contribution in [0.15, 0.2) is 52.7 Å². The Balaban J connectivity index is 2.01. The summed E-state index contributed by atoms with van der Waals surface area (Å²) in [6.45, 7) is 4.21. The van der Waals surface area contributed by atoms with Gasteiger partial charge in [-0.25, -0.2) is 13.6 Å². The zero-order valence-corrected chi connectivity index (χ0v) is 19.9. The zero-order chi connectivity index (χ0) is 23.3. The molecule has 2 aromatic heterocycles. The second-order valence-electron chi connectivity index (χ2n) is 8.09. The number of rotatable bonds is 6. The lowest BCUT2D eigenvalue weighted by atomic mass is 9.93. The number of aromatic nitrogens is 2. The molecule has 2 aromatic carbocycles. The number of halogens is 1. The average Bonchev–Trinajstić information content (AvgIpc) is 3.28. The Bertz CT molecular complexity index is 1420. The number of primary sulfonamides is 1. The van der Waals surface area contributed by atoms with Crippen LogP contribution in [0, 0.1) is 0 Å². The number of nitrogens with two attached hydrogens (primary N) is 2. The first-order valence-corrected chi connectivity index (χ1v) is 12.6. The van der Waals surface area contributed by atoms with E-state index in [1.54, 1.807) is 30.7 Å². The lowest BCUT2D eigenvalue weighted by molar-refractivity contribution is 0.0802. The third kappa shape index (κ3) is 4.32. The van der Waals surface area contributed by atoms with Crippen molar-refractivity contribution in [2.45, 2.75) is 36.7 Å². The van der Waals surface area contributed by atoms with Gasteiger partial charge in [0.25, 0.3) is 0 Å². The maximum atomic E-state index is 12.3. The van der Waals surface area contributed by atoms with Gasteiger partial charge in [-0.3, -0.25) is 4.68 Å². The fourth-order valence-corrected chi connectivity index (χ4v) is 6.09. The molecule has 0 aliphatic heterocycles. The van der Waals surface area contributed by atoms with Crippen LogP contribution in [0.5, 0.6) is 0 Å². The predicted molar refractivity (Wildman–Crippen MR) is 128 cm³/mol. The maximum Gasteiger partial charge on any atom is 0.248 e. The number of fused-ring (bicyclic) bond motifs is 1. The first kappa shape index (κ1) is 22.9. The molecular weight excluding hydrogens is 468 g/mol. The Morgan fingerprint density at radius 3 is 2.50 bits per heavy atom. The fourth-order valence-electron chi connectivity index (χ4n) is 3.80. The largest absolute Gasteiger partial charge is 0.386 e. The molecule has 0 saturated carbocycles. The van der Waals surface area contributed by atoms with Gasteiger partial charge in [-0.05, 0) is 42.7 Å². The third-order valence-corrected chi connectivity index (χ3v) is 7.92. The van der Waals surface area contributed by atoms with E-state index in [9.17, 15) is 13.5 Å². The quantitative estimate of drug-likeness (QED) is 0.379. The standard InChI is InChI=1S/C22H23ClN4O3S2/c1-22(2,28)16-7-4-8-17-19(16)20(15-10-18(23)31-21(15)32(25,29)30)26-27(17)12-14-6-3-5-13(9-14)11-24/h3-10,28H,11-12,24H2,1-2H3,(H2,25,29,30). The third-order valence-electron chi connectivity index (χ3n) is 5.18. The summed E-state index contributed by atoms with van der Waals surface area (Å²) >= 11 is 7.06. The van der Waals surface area contributed by atoms with Gasteiger partial charge >= 0.3 is 0 Å². The van der Waals surface area contributed by atoms with Crippen molar-refractivity contribution in [3.05, 3.63) is 69.6 Å². The van der Waals surface area contributed by atoms with E-state index in [1.165, 1.54) is 0 Å². The Kier molecular flexibility index (Phi) is 5.91. The minimum absolute atomic E-state index is 0.0651. The van der Waals surface area contributed by atoms with E-state index < -0.39 is 15.6 Å². The smallest absolute Gasteiger partial charge is 0.248 e. The molecule has 0 saturated heterocycles. The van der Waals surface area contributed by atoms with Crippen LogP contribution in [0.1, 0.15) is 30.5 Å². The highest BCUT2D eigenvalue weighted by Gasteiger charge is 2.28. The molecule has 5 N–H and O–H groups in total. The highest BCUT2D eigenvalue weighted by Crippen LogP contribution is 2.42. The molecule has 168 valence electrons. The molecular formula is C22H23ClN4O3S2. The summed E-state index contributed by atoms with van der Waals surface area (Å²) in [4.78, 5) is 0. The van der Waals surface area contributed by atoms with Crippen molar-refractivity contribution in [3.8, 4) is 11.3 Å². The first-order valence-electron chi connectivity index (χ1n) is 9.82. The molecule has 0 amide bonds. The highest BCUT2D eigenvalue weighted by molar-refractivity contribution is 7.91. The molecule has 0 radical (unpaired) electrons. The normalized spacial score (nSPS) is 12.6. The van der Waals surface area contributed by atoms with Gasteiger partial charge < -0.3 is 10.8 Å². The lowest BCUT2D eigenvalue weighted by Gasteiger charge is -2.19. The summed E-state index contributed by atoms with van der Waals surface area (Å²) in [6.07, 6.45) is 0. The van der Waals surface area contributed by atoms with E-state index >= 15 is 0 Å². The Hall–Kier alpha value is -2.27. The number of hydrogen-bond donors (Lipinski definition) is 3. The summed E-state index contributed by atoms with van der Waals surface area (Å²) in [5.41, 5.74) is 8.67. The van der Waals surface area contributed by atoms with Gasteiger partial charge in [-0.15, -0.1) is 11.3 Å². The number of aliphatic hydroxyl groups is 1. The highest BCUT2D eigenvalue weighted by atomic mass is 35.5. The molecule has 0 atom stereocenters. The predicted octanol–water partition coefficient (Wildman–Crippen LogP) is 3.80. The van der Waals surface area contributed by atoms with Gasteiger partial charge in [0.2, 0.25) is 10.0 Å². The zero-order valence-electron chi connectivity index (χ0n) is 17.5. The van der Waals surface area contributed by atoms with Crippen molar-refractivity contribution in [1.29, 1.82) is 0 Å². The van der Waals surface area contributed by atoms with Crippen molar-refractivity contribution in [3.63, 3.8) is 0 Å². The summed E-state index contributed by atoms with van der Waals surface area (Å²) < 4.78 is 26.5. The topological polar surface area (TPSA) is 124 Å². The van der Waals surface area contributed by atoms with E-state index in [4.69, 9.17) is 27.6 Å². The van der Waals surface area contributed by atoms with Crippen molar-refractivity contribution < 1.29 is 13.5 Å². The van der Waals surface area contributed by atoms with E-state index in [0.29, 0.717) is 35.3 Å². The van der Waals surface area contributed by atoms with Gasteiger partial charge in [-0.2, -0.15) is 5.10 Å². The van der Waals surface area contributed by atoms with Gasteiger partial charge in [0.15, 0.2) is 0 Å². The molecule has 0 aliphatic rings. The maximum absolute atomic E-state index is 12.3. The van der Waals surface area contributed by atoms with E-state index in [0.717, 1.165) is 28.0 Å². The van der Waals surface area contributed by atoms with Crippen LogP contribution in [0.3, 0.4) is 0 Å². The molecule has 0 bridgehead atoms. The molecule has 7 nitrogen and oxygen atoms in total. The molecule has 0 fully saturated rings. The molecule has 0 spiro atoms. The number of benzene rings is 2.